The maximum absolute atomic E-state index is 11.9. The summed E-state index contributed by atoms with van der Waals surface area (Å²) in [4.78, 5) is 32.1. The van der Waals surface area contributed by atoms with Crippen LogP contribution in [0.1, 0.15) is 33.5 Å². The molecule has 0 saturated heterocycles. The number of rotatable bonds is 5. The van der Waals surface area contributed by atoms with E-state index in [-0.39, 0.29) is 29.8 Å². The van der Waals surface area contributed by atoms with Gasteiger partial charge >= 0.3 is 0 Å². The van der Waals surface area contributed by atoms with Gasteiger partial charge in [0, 0.05) is 24.9 Å². The van der Waals surface area contributed by atoms with Crippen LogP contribution in [-0.2, 0) is 0 Å². The van der Waals surface area contributed by atoms with Crippen LogP contribution in [0, 0.1) is 0 Å². The largest absolute Gasteiger partial charge is 0.348 e. The second-order valence-electron chi connectivity index (χ2n) is 4.07. The molecule has 2 aromatic rings. The normalized spacial score (nSPS) is 11.8. The highest BCUT2D eigenvalue weighted by molar-refractivity contribution is 7.12. The summed E-state index contributed by atoms with van der Waals surface area (Å²) in [6.07, 6.45) is 4.62. The molecule has 0 radical (unpaired) electrons. The molecule has 1 N–H and O–H groups in total. The van der Waals surface area contributed by atoms with Crippen LogP contribution in [0.5, 0.6) is 0 Å². The number of nitrogens with one attached hydrogen (secondary N) is 1. The predicted molar refractivity (Wildman–Crippen MR) is 72.2 cm³/mol. The van der Waals surface area contributed by atoms with Gasteiger partial charge < -0.3 is 5.32 Å². The molecular weight excluding hydrogens is 262 g/mol. The molecule has 0 aromatic carbocycles. The van der Waals surface area contributed by atoms with Gasteiger partial charge in [-0.3, -0.25) is 14.6 Å². The van der Waals surface area contributed by atoms with Crippen molar-refractivity contribution in [3.8, 4) is 0 Å². The zero-order valence-corrected chi connectivity index (χ0v) is 11.2. The zero-order valence-electron chi connectivity index (χ0n) is 10.4. The van der Waals surface area contributed by atoms with Gasteiger partial charge in [0.05, 0.1) is 11.1 Å². The van der Waals surface area contributed by atoms with Crippen LogP contribution in [0.2, 0.25) is 0 Å². The number of ketones is 1. The molecule has 0 aliphatic rings. The molecule has 0 bridgehead atoms. The number of aromatic nitrogens is 2. The van der Waals surface area contributed by atoms with Crippen LogP contribution in [0.25, 0.3) is 0 Å². The Bertz CT molecular complexity index is 555. The van der Waals surface area contributed by atoms with Crippen molar-refractivity contribution in [2.45, 2.75) is 19.4 Å². The van der Waals surface area contributed by atoms with Crippen LogP contribution < -0.4 is 5.32 Å². The van der Waals surface area contributed by atoms with E-state index >= 15 is 0 Å². The summed E-state index contributed by atoms with van der Waals surface area (Å²) in [5, 5.41) is 4.59. The molecule has 0 aliphatic carbocycles. The van der Waals surface area contributed by atoms with E-state index in [2.05, 4.69) is 15.3 Å². The molecule has 0 saturated carbocycles. The average Bonchev–Trinajstić information content (AvgIpc) is 2.93. The quantitative estimate of drug-likeness (QED) is 0.846. The lowest BCUT2D eigenvalue weighted by Gasteiger charge is -2.12. The fraction of sp³-hybridized carbons (Fsp3) is 0.231. The van der Waals surface area contributed by atoms with Crippen molar-refractivity contribution in [1.29, 1.82) is 0 Å². The van der Waals surface area contributed by atoms with Crippen LogP contribution in [0.3, 0.4) is 0 Å². The lowest BCUT2D eigenvalue weighted by molar-refractivity contribution is 0.0915. The van der Waals surface area contributed by atoms with E-state index in [9.17, 15) is 9.59 Å². The molecule has 0 spiro atoms. The number of carbonyl (C=O) groups is 2. The maximum atomic E-state index is 11.9. The molecule has 5 nitrogen and oxygen atoms in total. The monoisotopic (exact) mass is 275 g/mol. The number of nitrogens with zero attached hydrogens (tertiary/aromatic N) is 2. The number of Topliss-reactive ketones (excluding diaryl/α,β-unsaturated/α-hetero) is 1. The highest BCUT2D eigenvalue weighted by atomic mass is 32.1. The van der Waals surface area contributed by atoms with Crippen molar-refractivity contribution in [2.24, 2.45) is 0 Å². The Labute approximate surface area is 114 Å². The first-order chi connectivity index (χ1) is 9.16. The summed E-state index contributed by atoms with van der Waals surface area (Å²) >= 11 is 1.40. The predicted octanol–water partition coefficient (Wildman–Crippen LogP) is 1.93. The lowest BCUT2D eigenvalue weighted by Crippen LogP contribution is -2.34. The van der Waals surface area contributed by atoms with Crippen LogP contribution in [-0.4, -0.2) is 27.7 Å². The molecule has 1 amide bonds. The third-order valence-electron chi connectivity index (χ3n) is 2.46. The van der Waals surface area contributed by atoms with Crippen LogP contribution in [0.4, 0.5) is 0 Å². The number of hydrogen-bond acceptors (Lipinski definition) is 5. The van der Waals surface area contributed by atoms with E-state index in [1.165, 1.54) is 29.9 Å². The molecule has 2 heterocycles. The summed E-state index contributed by atoms with van der Waals surface area (Å²) in [5.41, 5.74) is 0.248. The van der Waals surface area contributed by atoms with Crippen molar-refractivity contribution >= 4 is 23.0 Å². The van der Waals surface area contributed by atoms with Gasteiger partial charge in [-0.25, -0.2) is 4.98 Å². The highest BCUT2D eigenvalue weighted by Crippen LogP contribution is 2.12. The third kappa shape index (κ3) is 3.69. The van der Waals surface area contributed by atoms with Crippen LogP contribution in [0.15, 0.2) is 36.1 Å². The van der Waals surface area contributed by atoms with Gasteiger partial charge in [0.2, 0.25) is 0 Å². The minimum atomic E-state index is -0.320. The summed E-state index contributed by atoms with van der Waals surface area (Å²) in [6, 6.07) is 3.37. The SMILES string of the molecule is C[C@H](CC(=O)c1cccs1)NC(=O)c1cnccn1. The zero-order chi connectivity index (χ0) is 13.7. The Kier molecular flexibility index (Phi) is 4.35. The van der Waals surface area contributed by atoms with Gasteiger partial charge in [0.25, 0.3) is 5.91 Å². The Morgan fingerprint density at radius 1 is 1.42 bits per heavy atom. The van der Waals surface area contributed by atoms with E-state index in [1.54, 1.807) is 13.0 Å². The summed E-state index contributed by atoms with van der Waals surface area (Å²) in [5.74, 6) is -0.290. The van der Waals surface area contributed by atoms with Crippen molar-refractivity contribution in [3.05, 3.63) is 46.7 Å². The molecule has 2 aromatic heterocycles. The molecule has 0 aliphatic heterocycles. The second kappa shape index (κ2) is 6.19. The minimum Gasteiger partial charge on any atom is -0.348 e. The Hall–Kier alpha value is -2.08. The highest BCUT2D eigenvalue weighted by Gasteiger charge is 2.15. The van der Waals surface area contributed by atoms with Gasteiger partial charge in [-0.15, -0.1) is 11.3 Å². The number of amides is 1. The fourth-order valence-electron chi connectivity index (χ4n) is 1.58. The van der Waals surface area contributed by atoms with Crippen molar-refractivity contribution in [1.82, 2.24) is 15.3 Å². The van der Waals surface area contributed by atoms with Gasteiger partial charge in [-0.1, -0.05) is 6.07 Å². The number of thiophene rings is 1. The Morgan fingerprint density at radius 2 is 2.26 bits per heavy atom. The van der Waals surface area contributed by atoms with Gasteiger partial charge in [0.1, 0.15) is 5.69 Å². The first-order valence-corrected chi connectivity index (χ1v) is 6.68. The standard InChI is InChI=1S/C13H13N3O2S/c1-9(7-11(17)12-3-2-6-19-12)16-13(18)10-8-14-4-5-15-10/h2-6,8-9H,7H2,1H3,(H,16,18)/t9-/m1/s1. The van der Waals surface area contributed by atoms with Crippen molar-refractivity contribution in [2.75, 3.05) is 0 Å². The first-order valence-electron chi connectivity index (χ1n) is 5.80. The lowest BCUT2D eigenvalue weighted by atomic mass is 10.1. The first kappa shape index (κ1) is 13.4. The van der Waals surface area contributed by atoms with E-state index < -0.39 is 0 Å². The Morgan fingerprint density at radius 3 is 2.89 bits per heavy atom. The van der Waals surface area contributed by atoms with E-state index in [0.717, 1.165) is 0 Å². The molecule has 19 heavy (non-hydrogen) atoms. The van der Waals surface area contributed by atoms with Gasteiger partial charge in [-0.2, -0.15) is 0 Å². The summed E-state index contributed by atoms with van der Waals surface area (Å²) in [7, 11) is 0. The van der Waals surface area contributed by atoms with E-state index in [4.69, 9.17) is 0 Å². The Balaban J connectivity index is 1.90. The molecular formula is C13H13N3O2S. The van der Waals surface area contributed by atoms with E-state index in [1.807, 2.05) is 11.4 Å². The minimum absolute atomic E-state index is 0.0296. The summed E-state index contributed by atoms with van der Waals surface area (Å²) in [6.45, 7) is 1.79. The fourth-order valence-corrected chi connectivity index (χ4v) is 2.26. The second-order valence-corrected chi connectivity index (χ2v) is 5.02. The molecule has 1 atom stereocenters. The topological polar surface area (TPSA) is 72.0 Å². The van der Waals surface area contributed by atoms with Crippen LogP contribution >= 0.6 is 11.3 Å². The molecule has 0 fully saturated rings. The molecule has 98 valence electrons. The molecule has 2 rings (SSSR count). The van der Waals surface area contributed by atoms with Crippen molar-refractivity contribution < 1.29 is 9.59 Å². The third-order valence-corrected chi connectivity index (χ3v) is 3.37. The summed E-state index contributed by atoms with van der Waals surface area (Å²) < 4.78 is 0. The number of carbonyl (C=O) groups excluding carboxylic acids is 2. The van der Waals surface area contributed by atoms with Gasteiger partial charge in [0.15, 0.2) is 5.78 Å². The van der Waals surface area contributed by atoms with Crippen molar-refractivity contribution in [3.63, 3.8) is 0 Å². The van der Waals surface area contributed by atoms with E-state index in [0.29, 0.717) is 4.88 Å². The number of hydrogen-bond donors (Lipinski definition) is 1. The smallest absolute Gasteiger partial charge is 0.271 e. The average molecular weight is 275 g/mol. The maximum Gasteiger partial charge on any atom is 0.271 e. The van der Waals surface area contributed by atoms with Gasteiger partial charge in [-0.05, 0) is 18.4 Å². The molecule has 0 unspecified atom stereocenters. The molecule has 6 heteroatoms.